The van der Waals surface area contributed by atoms with Crippen molar-refractivity contribution >= 4 is 10.1 Å². The molecule has 20 heavy (non-hydrogen) atoms. The molecule has 0 amide bonds. The van der Waals surface area contributed by atoms with Crippen molar-refractivity contribution in [2.24, 2.45) is 0 Å². The molecule has 112 valence electrons. The molecule has 1 saturated carbocycles. The highest BCUT2D eigenvalue weighted by Gasteiger charge is 2.17. The van der Waals surface area contributed by atoms with Gasteiger partial charge in [-0.25, -0.2) is 0 Å². The molecule has 0 radical (unpaired) electrons. The third kappa shape index (κ3) is 4.91. The van der Waals surface area contributed by atoms with E-state index in [-0.39, 0.29) is 6.61 Å². The second-order valence-electron chi connectivity index (χ2n) is 5.66. The van der Waals surface area contributed by atoms with Crippen LogP contribution in [-0.2, 0) is 20.7 Å². The summed E-state index contributed by atoms with van der Waals surface area (Å²) in [7, 11) is -3.31. The lowest BCUT2D eigenvalue weighted by Crippen LogP contribution is -2.09. The predicted octanol–water partition coefficient (Wildman–Crippen LogP) is 3.64. The first-order valence-corrected chi connectivity index (χ1v) is 9.30. The number of benzene rings is 1. The first-order chi connectivity index (χ1) is 9.56. The van der Waals surface area contributed by atoms with E-state index in [0.29, 0.717) is 5.92 Å². The molecule has 0 unspecified atom stereocenters. The molecular formula is C16H24O3S. The molecule has 3 nitrogen and oxygen atoms in total. The Hall–Kier alpha value is -0.870. The number of rotatable bonds is 6. The molecule has 1 fully saturated rings. The Kier molecular flexibility index (Phi) is 5.61. The van der Waals surface area contributed by atoms with Gasteiger partial charge in [0.15, 0.2) is 0 Å². The molecule has 0 aromatic heterocycles. The zero-order valence-corrected chi connectivity index (χ0v) is 13.0. The molecule has 0 heterocycles. The summed E-state index contributed by atoms with van der Waals surface area (Å²) in [6, 6.07) is 8.59. The van der Waals surface area contributed by atoms with Crippen molar-refractivity contribution in [3.8, 4) is 0 Å². The molecule has 0 saturated heterocycles. The van der Waals surface area contributed by atoms with Gasteiger partial charge in [-0.05, 0) is 42.7 Å². The summed E-state index contributed by atoms with van der Waals surface area (Å²) in [6.45, 7) is 0.276. The van der Waals surface area contributed by atoms with Gasteiger partial charge >= 0.3 is 0 Å². The van der Waals surface area contributed by atoms with Crippen LogP contribution in [0.1, 0.15) is 55.6 Å². The van der Waals surface area contributed by atoms with Gasteiger partial charge in [-0.15, -0.1) is 0 Å². The fraction of sp³-hybridized carbons (Fsp3) is 0.625. The molecule has 0 aliphatic heterocycles. The maximum atomic E-state index is 10.9. The molecule has 2 rings (SSSR count). The van der Waals surface area contributed by atoms with Crippen LogP contribution in [0.3, 0.4) is 0 Å². The van der Waals surface area contributed by atoms with Crippen LogP contribution >= 0.6 is 0 Å². The quantitative estimate of drug-likeness (QED) is 0.594. The largest absolute Gasteiger partial charge is 0.270 e. The van der Waals surface area contributed by atoms with Crippen molar-refractivity contribution in [3.63, 3.8) is 0 Å². The molecule has 4 heteroatoms. The molecule has 1 aromatic carbocycles. The van der Waals surface area contributed by atoms with Crippen molar-refractivity contribution in [3.05, 3.63) is 35.4 Å². The Morgan fingerprint density at radius 2 is 1.85 bits per heavy atom. The van der Waals surface area contributed by atoms with Crippen LogP contribution in [0.4, 0.5) is 0 Å². The lowest BCUT2D eigenvalue weighted by Gasteiger charge is -2.24. The number of hydrogen-bond acceptors (Lipinski definition) is 3. The number of aryl methyl sites for hydroxylation is 1. The smallest absolute Gasteiger partial charge is 0.264 e. The van der Waals surface area contributed by atoms with E-state index in [1.54, 1.807) is 0 Å². The Labute approximate surface area is 122 Å². The topological polar surface area (TPSA) is 43.4 Å². The first-order valence-electron chi connectivity index (χ1n) is 7.48. The van der Waals surface area contributed by atoms with Crippen molar-refractivity contribution in [2.75, 3.05) is 12.9 Å². The van der Waals surface area contributed by atoms with Gasteiger partial charge < -0.3 is 0 Å². The highest BCUT2D eigenvalue weighted by Crippen LogP contribution is 2.34. The van der Waals surface area contributed by atoms with Crippen LogP contribution in [0.5, 0.6) is 0 Å². The minimum absolute atomic E-state index is 0.276. The van der Waals surface area contributed by atoms with E-state index in [2.05, 4.69) is 24.3 Å². The summed E-state index contributed by atoms with van der Waals surface area (Å²) >= 11 is 0. The molecule has 0 atom stereocenters. The molecule has 1 aliphatic rings. The average molecular weight is 296 g/mol. The maximum absolute atomic E-state index is 10.9. The second-order valence-corrected chi connectivity index (χ2v) is 7.31. The summed E-state index contributed by atoms with van der Waals surface area (Å²) in [6.07, 6.45) is 9.34. The van der Waals surface area contributed by atoms with Gasteiger partial charge in [-0.2, -0.15) is 8.42 Å². The van der Waals surface area contributed by atoms with E-state index in [9.17, 15) is 8.42 Å². The van der Waals surface area contributed by atoms with Gasteiger partial charge in [0.05, 0.1) is 12.9 Å². The average Bonchev–Trinajstić information content (AvgIpc) is 2.44. The van der Waals surface area contributed by atoms with Crippen molar-refractivity contribution < 1.29 is 12.6 Å². The third-order valence-corrected chi connectivity index (χ3v) is 4.58. The van der Waals surface area contributed by atoms with Crippen LogP contribution in [0, 0.1) is 0 Å². The second kappa shape index (κ2) is 7.23. The zero-order valence-electron chi connectivity index (χ0n) is 12.2. The summed E-state index contributed by atoms with van der Waals surface area (Å²) in [5.41, 5.74) is 2.82. The van der Waals surface area contributed by atoms with Gasteiger partial charge in [0.2, 0.25) is 0 Å². The lowest BCUT2D eigenvalue weighted by molar-refractivity contribution is 0.315. The third-order valence-electron chi connectivity index (χ3n) is 3.99. The minimum Gasteiger partial charge on any atom is -0.270 e. The number of hydrogen-bond donors (Lipinski definition) is 0. The van der Waals surface area contributed by atoms with E-state index >= 15 is 0 Å². The highest BCUT2D eigenvalue weighted by molar-refractivity contribution is 7.85. The van der Waals surface area contributed by atoms with E-state index in [4.69, 9.17) is 4.18 Å². The lowest BCUT2D eigenvalue weighted by atomic mass is 9.81. The standard InChI is InChI=1S/C16H24O3S/c1-20(17,18)19-13-7-11-15-10-5-6-12-16(15)14-8-3-2-4-9-14/h5-6,10,12,14H,2-4,7-9,11,13H2,1H3. The molecule has 1 aromatic rings. The summed E-state index contributed by atoms with van der Waals surface area (Å²) in [4.78, 5) is 0. The van der Waals surface area contributed by atoms with Gasteiger partial charge in [0, 0.05) is 0 Å². The fourth-order valence-electron chi connectivity index (χ4n) is 3.05. The Balaban J connectivity index is 1.93. The zero-order chi connectivity index (χ0) is 14.4. The Morgan fingerprint density at radius 3 is 2.55 bits per heavy atom. The minimum atomic E-state index is -3.31. The van der Waals surface area contributed by atoms with Crippen molar-refractivity contribution in [1.29, 1.82) is 0 Å². The van der Waals surface area contributed by atoms with Crippen LogP contribution in [0.2, 0.25) is 0 Å². The molecular weight excluding hydrogens is 272 g/mol. The highest BCUT2D eigenvalue weighted by atomic mass is 32.2. The molecule has 1 aliphatic carbocycles. The Bertz CT molecular complexity index is 516. The van der Waals surface area contributed by atoms with Crippen LogP contribution in [-0.4, -0.2) is 21.3 Å². The SMILES string of the molecule is CS(=O)(=O)OCCCc1ccccc1C1CCCCC1. The normalized spacial score (nSPS) is 17.2. The first kappa shape index (κ1) is 15.5. The van der Waals surface area contributed by atoms with Crippen LogP contribution < -0.4 is 0 Å². The summed E-state index contributed by atoms with van der Waals surface area (Å²) < 4.78 is 26.7. The van der Waals surface area contributed by atoms with E-state index in [0.717, 1.165) is 19.1 Å². The van der Waals surface area contributed by atoms with E-state index in [1.807, 2.05) is 0 Å². The van der Waals surface area contributed by atoms with Crippen molar-refractivity contribution in [1.82, 2.24) is 0 Å². The van der Waals surface area contributed by atoms with Gasteiger partial charge in [-0.1, -0.05) is 43.5 Å². The van der Waals surface area contributed by atoms with Crippen molar-refractivity contribution in [2.45, 2.75) is 50.9 Å². The van der Waals surface area contributed by atoms with Gasteiger partial charge in [0.25, 0.3) is 10.1 Å². The van der Waals surface area contributed by atoms with E-state index < -0.39 is 10.1 Å². The maximum Gasteiger partial charge on any atom is 0.264 e. The summed E-state index contributed by atoms with van der Waals surface area (Å²) in [5, 5.41) is 0. The fourth-order valence-corrected chi connectivity index (χ4v) is 3.47. The van der Waals surface area contributed by atoms with E-state index in [1.165, 1.54) is 43.2 Å². The van der Waals surface area contributed by atoms with Gasteiger partial charge in [0.1, 0.15) is 0 Å². The van der Waals surface area contributed by atoms with Gasteiger partial charge in [-0.3, -0.25) is 4.18 Å². The van der Waals surface area contributed by atoms with Crippen LogP contribution in [0.15, 0.2) is 24.3 Å². The summed E-state index contributed by atoms with van der Waals surface area (Å²) in [5.74, 6) is 0.691. The Morgan fingerprint density at radius 1 is 1.15 bits per heavy atom. The van der Waals surface area contributed by atoms with Crippen LogP contribution in [0.25, 0.3) is 0 Å². The molecule has 0 N–H and O–H groups in total. The monoisotopic (exact) mass is 296 g/mol. The molecule has 0 spiro atoms. The molecule has 0 bridgehead atoms. The predicted molar refractivity (Wildman–Crippen MR) is 81.4 cm³/mol.